The minimum absolute atomic E-state index is 0.450. The topological polar surface area (TPSA) is 55.8 Å². The maximum absolute atomic E-state index is 9.47. The van der Waals surface area contributed by atoms with Crippen molar-refractivity contribution in [3.63, 3.8) is 0 Å². The number of unbranched alkanes of at least 4 members (excludes halogenated alkanes) is 1. The van der Waals surface area contributed by atoms with E-state index in [1.165, 1.54) is 0 Å². The SMILES string of the molecule is CCCCN(CCC#N)Cn1cc(C#N)c(-c2cccc(Cl)c2Cl)c1. The van der Waals surface area contributed by atoms with Gasteiger partial charge in [-0.05, 0) is 19.0 Å². The molecule has 0 aliphatic carbocycles. The summed E-state index contributed by atoms with van der Waals surface area (Å²) < 4.78 is 1.97. The average Bonchev–Trinajstić information content (AvgIpc) is 3.02. The van der Waals surface area contributed by atoms with Gasteiger partial charge in [0, 0.05) is 36.5 Å². The van der Waals surface area contributed by atoms with E-state index in [2.05, 4.69) is 24.0 Å². The van der Waals surface area contributed by atoms with Crippen molar-refractivity contribution in [3.05, 3.63) is 46.2 Å². The van der Waals surface area contributed by atoms with E-state index in [1.807, 2.05) is 29.1 Å². The second-order valence-electron chi connectivity index (χ2n) is 5.83. The minimum atomic E-state index is 0.450. The zero-order valence-electron chi connectivity index (χ0n) is 14.2. The Kier molecular flexibility index (Phi) is 7.34. The molecule has 0 fully saturated rings. The highest BCUT2D eigenvalue weighted by Gasteiger charge is 2.15. The Bertz CT molecular complexity index is 799. The first-order valence-electron chi connectivity index (χ1n) is 8.24. The summed E-state index contributed by atoms with van der Waals surface area (Å²) in [7, 11) is 0. The van der Waals surface area contributed by atoms with E-state index in [9.17, 15) is 5.26 Å². The molecule has 0 aliphatic rings. The highest BCUT2D eigenvalue weighted by molar-refractivity contribution is 6.43. The van der Waals surface area contributed by atoms with Gasteiger partial charge in [-0.2, -0.15) is 10.5 Å². The zero-order valence-corrected chi connectivity index (χ0v) is 15.7. The summed E-state index contributed by atoms with van der Waals surface area (Å²) in [5.41, 5.74) is 2.08. The quantitative estimate of drug-likeness (QED) is 0.629. The number of benzene rings is 1. The largest absolute Gasteiger partial charge is 0.339 e. The van der Waals surface area contributed by atoms with Crippen LogP contribution >= 0.6 is 23.2 Å². The van der Waals surface area contributed by atoms with Crippen LogP contribution in [0.5, 0.6) is 0 Å². The third kappa shape index (κ3) is 5.00. The third-order valence-electron chi connectivity index (χ3n) is 3.97. The van der Waals surface area contributed by atoms with Crippen molar-refractivity contribution in [2.24, 2.45) is 0 Å². The molecule has 4 nitrogen and oxygen atoms in total. The Morgan fingerprint density at radius 2 is 1.92 bits per heavy atom. The lowest BCUT2D eigenvalue weighted by Gasteiger charge is -2.21. The van der Waals surface area contributed by atoms with Crippen LogP contribution in [0.2, 0.25) is 10.0 Å². The first kappa shape index (κ1) is 19.3. The van der Waals surface area contributed by atoms with Crippen LogP contribution in [-0.2, 0) is 6.67 Å². The van der Waals surface area contributed by atoms with Crippen LogP contribution in [-0.4, -0.2) is 22.6 Å². The molecule has 0 aliphatic heterocycles. The Morgan fingerprint density at radius 3 is 2.60 bits per heavy atom. The summed E-state index contributed by atoms with van der Waals surface area (Å²) in [6.45, 7) is 4.41. The molecule has 1 heterocycles. The summed E-state index contributed by atoms with van der Waals surface area (Å²) >= 11 is 12.4. The molecule has 1 aromatic heterocycles. The predicted molar refractivity (Wildman–Crippen MR) is 101 cm³/mol. The molecule has 0 saturated carbocycles. The normalized spacial score (nSPS) is 10.6. The van der Waals surface area contributed by atoms with Gasteiger partial charge in [0.25, 0.3) is 0 Å². The molecule has 2 aromatic rings. The summed E-state index contributed by atoms with van der Waals surface area (Å²) in [5, 5.41) is 19.2. The monoisotopic (exact) mass is 374 g/mol. The molecule has 0 N–H and O–H groups in total. The number of nitriles is 2. The molecule has 0 amide bonds. The molecule has 0 spiro atoms. The summed E-state index contributed by atoms with van der Waals surface area (Å²) in [6, 6.07) is 9.83. The molecular weight excluding hydrogens is 355 g/mol. The molecule has 0 atom stereocenters. The minimum Gasteiger partial charge on any atom is -0.339 e. The van der Waals surface area contributed by atoms with Crippen molar-refractivity contribution in [2.45, 2.75) is 32.9 Å². The van der Waals surface area contributed by atoms with Gasteiger partial charge < -0.3 is 4.57 Å². The Labute approximate surface area is 158 Å². The van der Waals surface area contributed by atoms with Crippen LogP contribution in [0.15, 0.2) is 30.6 Å². The number of aromatic nitrogens is 1. The zero-order chi connectivity index (χ0) is 18.2. The molecule has 2 rings (SSSR count). The molecule has 0 saturated heterocycles. The molecule has 0 radical (unpaired) electrons. The molecule has 130 valence electrons. The van der Waals surface area contributed by atoms with Crippen molar-refractivity contribution < 1.29 is 0 Å². The molecule has 6 heteroatoms. The van der Waals surface area contributed by atoms with Crippen molar-refractivity contribution in [3.8, 4) is 23.3 Å². The van der Waals surface area contributed by atoms with Gasteiger partial charge in [-0.3, -0.25) is 4.90 Å². The van der Waals surface area contributed by atoms with E-state index in [4.69, 9.17) is 28.5 Å². The Hall–Kier alpha value is -1.98. The first-order valence-corrected chi connectivity index (χ1v) is 8.99. The highest BCUT2D eigenvalue weighted by Crippen LogP contribution is 2.35. The van der Waals surface area contributed by atoms with E-state index in [1.54, 1.807) is 6.07 Å². The highest BCUT2D eigenvalue weighted by atomic mass is 35.5. The fraction of sp³-hybridized carbons (Fsp3) is 0.368. The van der Waals surface area contributed by atoms with E-state index >= 15 is 0 Å². The summed E-state index contributed by atoms with van der Waals surface area (Å²) in [5.74, 6) is 0. The van der Waals surface area contributed by atoms with Crippen molar-refractivity contribution in [1.29, 1.82) is 10.5 Å². The van der Waals surface area contributed by atoms with Crippen LogP contribution in [0.3, 0.4) is 0 Å². The number of rotatable bonds is 8. The second-order valence-corrected chi connectivity index (χ2v) is 6.62. The number of nitrogens with zero attached hydrogens (tertiary/aromatic N) is 4. The molecule has 0 unspecified atom stereocenters. The molecule has 1 aromatic carbocycles. The molecule has 0 bridgehead atoms. The van der Waals surface area contributed by atoms with Crippen LogP contribution in [0, 0.1) is 22.7 Å². The lowest BCUT2D eigenvalue weighted by Crippen LogP contribution is -2.28. The van der Waals surface area contributed by atoms with Gasteiger partial charge in [-0.25, -0.2) is 0 Å². The molecule has 25 heavy (non-hydrogen) atoms. The van der Waals surface area contributed by atoms with Gasteiger partial charge in [0.15, 0.2) is 0 Å². The van der Waals surface area contributed by atoms with E-state index in [0.29, 0.717) is 35.2 Å². The predicted octanol–water partition coefficient (Wildman–Crippen LogP) is 5.31. The van der Waals surface area contributed by atoms with Gasteiger partial charge in [-0.1, -0.05) is 48.7 Å². The van der Waals surface area contributed by atoms with Crippen LogP contribution in [0.25, 0.3) is 11.1 Å². The number of hydrogen-bond donors (Lipinski definition) is 0. The fourth-order valence-electron chi connectivity index (χ4n) is 2.68. The molecular formula is C19H20Cl2N4. The Balaban J connectivity index is 2.28. The number of hydrogen-bond acceptors (Lipinski definition) is 3. The van der Waals surface area contributed by atoms with Gasteiger partial charge in [0.1, 0.15) is 6.07 Å². The van der Waals surface area contributed by atoms with Crippen LogP contribution < -0.4 is 0 Å². The lowest BCUT2D eigenvalue weighted by atomic mass is 10.1. The average molecular weight is 375 g/mol. The fourth-order valence-corrected chi connectivity index (χ4v) is 3.08. The van der Waals surface area contributed by atoms with E-state index < -0.39 is 0 Å². The van der Waals surface area contributed by atoms with Gasteiger partial charge in [0.05, 0.1) is 28.3 Å². The van der Waals surface area contributed by atoms with Crippen molar-refractivity contribution >= 4 is 23.2 Å². The van der Waals surface area contributed by atoms with Gasteiger partial charge >= 0.3 is 0 Å². The first-order chi connectivity index (χ1) is 12.1. The Morgan fingerprint density at radius 1 is 1.12 bits per heavy atom. The maximum atomic E-state index is 9.47. The smallest absolute Gasteiger partial charge is 0.101 e. The van der Waals surface area contributed by atoms with Crippen molar-refractivity contribution in [1.82, 2.24) is 9.47 Å². The number of halogens is 2. The van der Waals surface area contributed by atoms with Gasteiger partial charge in [-0.15, -0.1) is 0 Å². The lowest BCUT2D eigenvalue weighted by molar-refractivity contribution is 0.220. The third-order valence-corrected chi connectivity index (χ3v) is 4.79. The second kappa shape index (κ2) is 9.49. The van der Waals surface area contributed by atoms with E-state index in [-0.39, 0.29) is 0 Å². The van der Waals surface area contributed by atoms with E-state index in [0.717, 1.165) is 30.5 Å². The van der Waals surface area contributed by atoms with Crippen LogP contribution in [0.1, 0.15) is 31.7 Å². The summed E-state index contributed by atoms with van der Waals surface area (Å²) in [4.78, 5) is 2.22. The summed E-state index contributed by atoms with van der Waals surface area (Å²) in [6.07, 6.45) is 6.40. The maximum Gasteiger partial charge on any atom is 0.101 e. The van der Waals surface area contributed by atoms with Gasteiger partial charge in [0.2, 0.25) is 0 Å². The van der Waals surface area contributed by atoms with Crippen LogP contribution in [0.4, 0.5) is 0 Å². The standard InChI is InChI=1S/C19H20Cl2N4/c1-2-3-9-24(10-5-8-22)14-25-12-15(11-23)17(13-25)16-6-4-7-18(20)19(16)21/h4,6-7,12-13H,2-3,5,9-10,14H2,1H3. The van der Waals surface area contributed by atoms with Crippen molar-refractivity contribution in [2.75, 3.05) is 13.1 Å².